The lowest BCUT2D eigenvalue weighted by Crippen LogP contribution is -2.36. The summed E-state index contributed by atoms with van der Waals surface area (Å²) in [5.41, 5.74) is 1.48. The van der Waals surface area contributed by atoms with Crippen molar-refractivity contribution in [3.05, 3.63) is 88.5 Å². The minimum atomic E-state index is -4.29. The summed E-state index contributed by atoms with van der Waals surface area (Å²) in [4.78, 5) is 24.8. The maximum absolute atomic E-state index is 12.8. The molecule has 1 heterocycles. The number of ether oxygens (including phenoxy) is 1. The van der Waals surface area contributed by atoms with Gasteiger partial charge >= 0.3 is 10.1 Å². The maximum atomic E-state index is 12.8. The van der Waals surface area contributed by atoms with Gasteiger partial charge in [-0.3, -0.25) is 14.9 Å². The van der Waals surface area contributed by atoms with E-state index in [4.69, 9.17) is 8.92 Å². The Morgan fingerprint density at radius 1 is 1.00 bits per heavy atom. The third-order valence-electron chi connectivity index (χ3n) is 5.14. The van der Waals surface area contributed by atoms with E-state index < -0.39 is 15.0 Å². The number of non-ortho nitro benzene ring substituents is 1. The molecule has 0 spiro atoms. The van der Waals surface area contributed by atoms with Gasteiger partial charge in [0.15, 0.2) is 0 Å². The molecule has 3 aromatic rings. The largest absolute Gasteiger partial charge is 0.379 e. The van der Waals surface area contributed by atoms with Gasteiger partial charge in [-0.25, -0.2) is 0 Å². The first-order valence-corrected chi connectivity index (χ1v) is 11.8. The first kappa shape index (κ1) is 23.2. The molecule has 0 aromatic heterocycles. The minimum Gasteiger partial charge on any atom is -0.379 e. The van der Waals surface area contributed by atoms with Crippen LogP contribution in [-0.4, -0.2) is 45.6 Å². The number of anilines is 2. The quantitative estimate of drug-likeness (QED) is 0.307. The molecule has 1 fully saturated rings. The van der Waals surface area contributed by atoms with Gasteiger partial charge in [0.05, 0.1) is 29.5 Å². The first-order chi connectivity index (χ1) is 16.3. The number of hydrogen-bond donors (Lipinski definition) is 1. The fraction of sp³-hybridized carbons (Fsp3) is 0.174. The average molecular weight is 484 g/mol. The molecule has 0 unspecified atom stereocenters. The van der Waals surface area contributed by atoms with E-state index in [0.717, 1.165) is 24.8 Å². The number of nitro benzene ring substituents is 1. The van der Waals surface area contributed by atoms with Crippen LogP contribution in [-0.2, 0) is 14.9 Å². The summed E-state index contributed by atoms with van der Waals surface area (Å²) in [6.07, 6.45) is 0. The normalized spacial score (nSPS) is 13.8. The summed E-state index contributed by atoms with van der Waals surface area (Å²) >= 11 is 0. The SMILES string of the molecule is O=C(Nc1ccccc1N1CCOCC1)c1ccc(OS(=O)(=O)c2cccc([N+](=O)[O-])c2)cc1. The summed E-state index contributed by atoms with van der Waals surface area (Å²) in [6.45, 7) is 2.67. The Morgan fingerprint density at radius 2 is 1.71 bits per heavy atom. The molecule has 3 aromatic carbocycles. The van der Waals surface area contributed by atoms with Crippen LogP contribution in [0, 0.1) is 10.1 Å². The standard InChI is InChI=1S/C23H21N3O7S/c27-23(24-21-6-1-2-7-22(21)25-12-14-32-15-13-25)17-8-10-19(11-9-17)33-34(30,31)20-5-3-4-18(16-20)26(28)29/h1-11,16H,12-15H2,(H,24,27). The van der Waals surface area contributed by atoms with E-state index in [1.807, 2.05) is 24.3 Å². The van der Waals surface area contributed by atoms with Gasteiger partial charge in [-0.2, -0.15) is 8.42 Å². The van der Waals surface area contributed by atoms with Crippen molar-refractivity contribution >= 4 is 33.1 Å². The molecule has 1 N–H and O–H groups in total. The number of morpholine rings is 1. The zero-order valence-electron chi connectivity index (χ0n) is 17.9. The zero-order chi connectivity index (χ0) is 24.1. The molecular formula is C23H21N3O7S. The number of rotatable bonds is 7. The van der Waals surface area contributed by atoms with E-state index in [1.165, 1.54) is 42.5 Å². The highest BCUT2D eigenvalue weighted by atomic mass is 32.2. The molecule has 176 valence electrons. The number of para-hydroxylation sites is 2. The second kappa shape index (κ2) is 9.89. The molecule has 10 nitrogen and oxygen atoms in total. The summed E-state index contributed by atoms with van der Waals surface area (Å²) in [5.74, 6) is -0.398. The van der Waals surface area contributed by atoms with Gasteiger partial charge < -0.3 is 19.1 Å². The van der Waals surface area contributed by atoms with Gasteiger partial charge in [-0.1, -0.05) is 18.2 Å². The minimum absolute atomic E-state index is 0.0308. The van der Waals surface area contributed by atoms with E-state index >= 15 is 0 Å². The number of benzene rings is 3. The Balaban J connectivity index is 1.46. The first-order valence-electron chi connectivity index (χ1n) is 10.4. The molecule has 1 aliphatic heterocycles. The van der Waals surface area contributed by atoms with Gasteiger partial charge in [-0.05, 0) is 42.5 Å². The van der Waals surface area contributed by atoms with Crippen molar-refractivity contribution in [1.82, 2.24) is 0 Å². The van der Waals surface area contributed by atoms with E-state index in [1.54, 1.807) is 0 Å². The molecule has 1 amide bonds. The average Bonchev–Trinajstić information content (AvgIpc) is 2.85. The van der Waals surface area contributed by atoms with Crippen LogP contribution in [0.5, 0.6) is 5.75 Å². The zero-order valence-corrected chi connectivity index (χ0v) is 18.7. The van der Waals surface area contributed by atoms with E-state index in [2.05, 4.69) is 10.2 Å². The second-order valence-corrected chi connectivity index (χ2v) is 8.93. The van der Waals surface area contributed by atoms with E-state index in [0.29, 0.717) is 24.5 Å². The van der Waals surface area contributed by atoms with Crippen molar-refractivity contribution < 1.29 is 27.1 Å². The Kier molecular flexibility index (Phi) is 6.75. The summed E-state index contributed by atoms with van der Waals surface area (Å²) in [5, 5.41) is 13.8. The predicted molar refractivity (Wildman–Crippen MR) is 125 cm³/mol. The molecule has 0 atom stereocenters. The van der Waals surface area contributed by atoms with Gasteiger partial charge in [0.1, 0.15) is 10.6 Å². The Morgan fingerprint density at radius 3 is 2.41 bits per heavy atom. The molecule has 4 rings (SSSR count). The highest BCUT2D eigenvalue weighted by Gasteiger charge is 2.21. The maximum Gasteiger partial charge on any atom is 0.339 e. The number of amides is 1. The predicted octanol–water partition coefficient (Wildman–Crippen LogP) is 3.45. The van der Waals surface area contributed by atoms with E-state index in [-0.39, 0.29) is 22.2 Å². The van der Waals surface area contributed by atoms with Crippen LogP contribution in [0.2, 0.25) is 0 Å². The van der Waals surface area contributed by atoms with Crippen molar-refractivity contribution in [3.63, 3.8) is 0 Å². The molecule has 0 saturated carbocycles. The number of carbonyl (C=O) groups is 1. The van der Waals surface area contributed by atoms with Crippen LogP contribution in [0.3, 0.4) is 0 Å². The Hall–Kier alpha value is -3.96. The topological polar surface area (TPSA) is 128 Å². The summed E-state index contributed by atoms with van der Waals surface area (Å²) in [6, 6.07) is 17.6. The Labute approximate surface area is 196 Å². The van der Waals surface area contributed by atoms with Gasteiger partial charge in [-0.15, -0.1) is 0 Å². The molecule has 1 aliphatic rings. The summed E-state index contributed by atoms with van der Waals surface area (Å²) < 4.78 is 35.4. The van der Waals surface area contributed by atoms with Crippen molar-refractivity contribution in [1.29, 1.82) is 0 Å². The van der Waals surface area contributed by atoms with Gasteiger partial charge in [0.25, 0.3) is 11.6 Å². The molecule has 0 bridgehead atoms. The van der Waals surface area contributed by atoms with Crippen LogP contribution in [0.25, 0.3) is 0 Å². The summed E-state index contributed by atoms with van der Waals surface area (Å²) in [7, 11) is -4.29. The van der Waals surface area contributed by atoms with Gasteiger partial charge in [0, 0.05) is 30.8 Å². The van der Waals surface area contributed by atoms with E-state index in [9.17, 15) is 23.3 Å². The highest BCUT2D eigenvalue weighted by Crippen LogP contribution is 2.27. The monoisotopic (exact) mass is 483 g/mol. The molecule has 0 radical (unpaired) electrons. The van der Waals surface area contributed by atoms with Crippen LogP contribution < -0.4 is 14.4 Å². The molecular weight excluding hydrogens is 462 g/mol. The lowest BCUT2D eigenvalue weighted by atomic mass is 10.2. The number of hydrogen-bond acceptors (Lipinski definition) is 8. The van der Waals surface area contributed by atoms with Crippen LogP contribution >= 0.6 is 0 Å². The van der Waals surface area contributed by atoms with Crippen LogP contribution in [0.15, 0.2) is 77.7 Å². The van der Waals surface area contributed by atoms with Crippen LogP contribution in [0.4, 0.5) is 17.1 Å². The van der Waals surface area contributed by atoms with Crippen molar-refractivity contribution in [2.75, 3.05) is 36.5 Å². The van der Waals surface area contributed by atoms with Gasteiger partial charge in [0.2, 0.25) is 0 Å². The number of nitro groups is 1. The molecule has 1 saturated heterocycles. The second-order valence-electron chi connectivity index (χ2n) is 7.39. The fourth-order valence-corrected chi connectivity index (χ4v) is 4.41. The molecule has 11 heteroatoms. The molecule has 0 aliphatic carbocycles. The third kappa shape index (κ3) is 5.33. The fourth-order valence-electron chi connectivity index (χ4n) is 3.44. The highest BCUT2D eigenvalue weighted by molar-refractivity contribution is 7.87. The number of carbonyl (C=O) groups excluding carboxylic acids is 1. The number of nitrogens with one attached hydrogen (secondary N) is 1. The smallest absolute Gasteiger partial charge is 0.339 e. The molecule has 34 heavy (non-hydrogen) atoms. The lowest BCUT2D eigenvalue weighted by Gasteiger charge is -2.30. The third-order valence-corrected chi connectivity index (χ3v) is 6.39. The van der Waals surface area contributed by atoms with Crippen LogP contribution in [0.1, 0.15) is 10.4 Å². The van der Waals surface area contributed by atoms with Crippen molar-refractivity contribution in [2.45, 2.75) is 4.90 Å². The van der Waals surface area contributed by atoms with Crippen molar-refractivity contribution in [2.24, 2.45) is 0 Å². The number of nitrogens with zero attached hydrogens (tertiary/aromatic N) is 2. The van der Waals surface area contributed by atoms with Crippen molar-refractivity contribution in [3.8, 4) is 5.75 Å². The Bertz CT molecular complexity index is 1300. The lowest BCUT2D eigenvalue weighted by molar-refractivity contribution is -0.385.